The third kappa shape index (κ3) is 3.24. The molecule has 0 aliphatic heterocycles. The third-order valence-electron chi connectivity index (χ3n) is 2.43. The molecule has 2 rings (SSSR count). The van der Waals surface area contributed by atoms with Gasteiger partial charge < -0.3 is 10.1 Å². The number of nitro benzene ring substituents is 1. The SMILES string of the molecule is CCNc1cccc(Oc2c(Br)cccc2[N+](=O)[O-])n1. The quantitative estimate of drug-likeness (QED) is 0.659. The second-order valence-electron chi connectivity index (χ2n) is 3.84. The van der Waals surface area contributed by atoms with E-state index >= 15 is 0 Å². The Bertz CT molecular complexity index is 634. The van der Waals surface area contributed by atoms with E-state index in [0.717, 1.165) is 6.54 Å². The van der Waals surface area contributed by atoms with E-state index in [2.05, 4.69) is 26.2 Å². The van der Waals surface area contributed by atoms with Crippen LogP contribution in [0, 0.1) is 10.1 Å². The highest BCUT2D eigenvalue weighted by molar-refractivity contribution is 9.10. The summed E-state index contributed by atoms with van der Waals surface area (Å²) in [6.07, 6.45) is 0. The highest BCUT2D eigenvalue weighted by Gasteiger charge is 2.19. The number of rotatable bonds is 5. The van der Waals surface area contributed by atoms with Crippen molar-refractivity contribution >= 4 is 27.4 Å². The van der Waals surface area contributed by atoms with Crippen molar-refractivity contribution in [2.45, 2.75) is 6.92 Å². The first-order chi connectivity index (χ1) is 9.61. The number of ether oxygens (including phenoxy) is 1. The number of para-hydroxylation sites is 1. The van der Waals surface area contributed by atoms with Gasteiger partial charge in [-0.1, -0.05) is 12.1 Å². The Morgan fingerprint density at radius 2 is 2.10 bits per heavy atom. The molecule has 2 aromatic rings. The fourth-order valence-corrected chi connectivity index (χ4v) is 2.03. The Morgan fingerprint density at radius 3 is 2.80 bits per heavy atom. The molecule has 0 atom stereocenters. The molecule has 6 nitrogen and oxygen atoms in total. The molecule has 1 heterocycles. The lowest BCUT2D eigenvalue weighted by atomic mass is 10.3. The molecule has 0 spiro atoms. The van der Waals surface area contributed by atoms with Crippen molar-refractivity contribution < 1.29 is 9.66 Å². The highest BCUT2D eigenvalue weighted by Crippen LogP contribution is 2.37. The van der Waals surface area contributed by atoms with Gasteiger partial charge >= 0.3 is 5.69 Å². The molecule has 0 aliphatic rings. The van der Waals surface area contributed by atoms with Gasteiger partial charge in [0.05, 0.1) is 9.40 Å². The molecule has 0 radical (unpaired) electrons. The average Bonchev–Trinajstić information content (AvgIpc) is 2.41. The minimum Gasteiger partial charge on any atom is -0.431 e. The maximum atomic E-state index is 11.0. The normalized spacial score (nSPS) is 10.1. The highest BCUT2D eigenvalue weighted by atomic mass is 79.9. The van der Waals surface area contributed by atoms with E-state index in [1.807, 2.05) is 6.92 Å². The number of nitrogens with one attached hydrogen (secondary N) is 1. The van der Waals surface area contributed by atoms with E-state index in [-0.39, 0.29) is 11.4 Å². The van der Waals surface area contributed by atoms with Crippen LogP contribution in [0.3, 0.4) is 0 Å². The van der Waals surface area contributed by atoms with E-state index in [4.69, 9.17) is 4.74 Å². The van der Waals surface area contributed by atoms with Crippen molar-refractivity contribution in [3.63, 3.8) is 0 Å². The molecule has 1 aromatic carbocycles. The Morgan fingerprint density at radius 1 is 1.35 bits per heavy atom. The summed E-state index contributed by atoms with van der Waals surface area (Å²) in [5, 5.41) is 14.1. The maximum Gasteiger partial charge on any atom is 0.312 e. The molecule has 20 heavy (non-hydrogen) atoms. The molecule has 0 bridgehead atoms. The second-order valence-corrected chi connectivity index (χ2v) is 4.69. The van der Waals surface area contributed by atoms with Gasteiger partial charge in [0.25, 0.3) is 0 Å². The van der Waals surface area contributed by atoms with Gasteiger partial charge in [0.1, 0.15) is 5.82 Å². The first kappa shape index (κ1) is 14.3. The van der Waals surface area contributed by atoms with Crippen LogP contribution in [0.4, 0.5) is 11.5 Å². The number of pyridine rings is 1. The van der Waals surface area contributed by atoms with Crippen molar-refractivity contribution in [3.8, 4) is 11.6 Å². The van der Waals surface area contributed by atoms with Gasteiger partial charge in [-0.05, 0) is 35.0 Å². The third-order valence-corrected chi connectivity index (χ3v) is 3.06. The summed E-state index contributed by atoms with van der Waals surface area (Å²) in [5.41, 5.74) is -0.116. The Labute approximate surface area is 124 Å². The van der Waals surface area contributed by atoms with Crippen LogP contribution < -0.4 is 10.1 Å². The summed E-state index contributed by atoms with van der Waals surface area (Å²) in [6, 6.07) is 9.85. The van der Waals surface area contributed by atoms with E-state index < -0.39 is 4.92 Å². The summed E-state index contributed by atoms with van der Waals surface area (Å²) in [5.74, 6) is 1.08. The first-order valence-electron chi connectivity index (χ1n) is 5.93. The van der Waals surface area contributed by atoms with Crippen LogP contribution >= 0.6 is 15.9 Å². The zero-order valence-corrected chi connectivity index (χ0v) is 12.3. The van der Waals surface area contributed by atoms with Crippen molar-refractivity contribution in [1.82, 2.24) is 4.98 Å². The number of anilines is 1. The zero-order chi connectivity index (χ0) is 14.5. The average molecular weight is 338 g/mol. The smallest absolute Gasteiger partial charge is 0.312 e. The monoisotopic (exact) mass is 337 g/mol. The summed E-state index contributed by atoms with van der Waals surface area (Å²) in [6.45, 7) is 2.68. The van der Waals surface area contributed by atoms with Gasteiger partial charge in [0.2, 0.25) is 11.6 Å². The van der Waals surface area contributed by atoms with Gasteiger partial charge in [-0.3, -0.25) is 10.1 Å². The van der Waals surface area contributed by atoms with E-state index in [1.54, 1.807) is 30.3 Å². The minimum absolute atomic E-state index is 0.116. The van der Waals surface area contributed by atoms with Gasteiger partial charge in [-0.15, -0.1) is 0 Å². The Balaban J connectivity index is 2.34. The maximum absolute atomic E-state index is 11.0. The molecule has 1 N–H and O–H groups in total. The van der Waals surface area contributed by atoms with Crippen LogP contribution in [0.15, 0.2) is 40.9 Å². The molecule has 0 amide bonds. The first-order valence-corrected chi connectivity index (χ1v) is 6.72. The zero-order valence-electron chi connectivity index (χ0n) is 10.7. The molecule has 104 valence electrons. The molecule has 0 saturated carbocycles. The van der Waals surface area contributed by atoms with Crippen molar-refractivity contribution in [3.05, 3.63) is 51.0 Å². The number of halogens is 1. The molecular formula is C13H12BrN3O3. The lowest BCUT2D eigenvalue weighted by Gasteiger charge is -2.09. The summed E-state index contributed by atoms with van der Waals surface area (Å²) in [4.78, 5) is 14.7. The lowest BCUT2D eigenvalue weighted by Crippen LogP contribution is -2.00. The summed E-state index contributed by atoms with van der Waals surface area (Å²) >= 11 is 3.25. The van der Waals surface area contributed by atoms with Crippen LogP contribution in [0.1, 0.15) is 6.92 Å². The van der Waals surface area contributed by atoms with Crippen LogP contribution in [0.25, 0.3) is 0 Å². The topological polar surface area (TPSA) is 77.3 Å². The van der Waals surface area contributed by atoms with Crippen molar-refractivity contribution in [2.24, 2.45) is 0 Å². The molecule has 0 aliphatic carbocycles. The fourth-order valence-electron chi connectivity index (χ4n) is 1.60. The minimum atomic E-state index is -0.492. The van der Waals surface area contributed by atoms with Gasteiger partial charge in [-0.25, -0.2) is 0 Å². The molecule has 1 aromatic heterocycles. The number of aromatic nitrogens is 1. The molecular weight excluding hydrogens is 326 g/mol. The Hall–Kier alpha value is -2.15. The second kappa shape index (κ2) is 6.33. The fraction of sp³-hybridized carbons (Fsp3) is 0.154. The molecule has 0 saturated heterocycles. The van der Waals surface area contributed by atoms with E-state index in [0.29, 0.717) is 16.2 Å². The van der Waals surface area contributed by atoms with Gasteiger partial charge in [-0.2, -0.15) is 4.98 Å². The summed E-state index contributed by atoms with van der Waals surface area (Å²) in [7, 11) is 0. The number of hydrogen-bond acceptors (Lipinski definition) is 5. The molecule has 7 heteroatoms. The van der Waals surface area contributed by atoms with E-state index in [1.165, 1.54) is 6.07 Å². The van der Waals surface area contributed by atoms with Crippen molar-refractivity contribution in [1.29, 1.82) is 0 Å². The Kier molecular flexibility index (Phi) is 4.52. The predicted octanol–water partition coefficient (Wildman–Crippen LogP) is 3.98. The largest absolute Gasteiger partial charge is 0.431 e. The van der Waals surface area contributed by atoms with Crippen LogP contribution in [-0.2, 0) is 0 Å². The lowest BCUT2D eigenvalue weighted by molar-refractivity contribution is -0.385. The standard InChI is InChI=1S/C13H12BrN3O3/c1-2-15-11-7-4-8-12(16-11)20-13-9(14)5-3-6-10(13)17(18)19/h3-8H,2H2,1H3,(H,15,16). The van der Waals surface area contributed by atoms with E-state index in [9.17, 15) is 10.1 Å². The number of benzene rings is 1. The number of nitrogens with zero attached hydrogens (tertiary/aromatic N) is 2. The number of nitro groups is 1. The van der Waals surface area contributed by atoms with Gasteiger partial charge in [0, 0.05) is 18.7 Å². The van der Waals surface area contributed by atoms with Crippen LogP contribution in [0.5, 0.6) is 11.6 Å². The van der Waals surface area contributed by atoms with Crippen molar-refractivity contribution in [2.75, 3.05) is 11.9 Å². The van der Waals surface area contributed by atoms with Crippen LogP contribution in [-0.4, -0.2) is 16.5 Å². The number of hydrogen-bond donors (Lipinski definition) is 1. The predicted molar refractivity (Wildman–Crippen MR) is 79.3 cm³/mol. The summed E-state index contributed by atoms with van der Waals surface area (Å²) < 4.78 is 6.05. The van der Waals surface area contributed by atoms with Crippen LogP contribution in [0.2, 0.25) is 0 Å². The molecule has 0 fully saturated rings. The molecule has 0 unspecified atom stereocenters. The van der Waals surface area contributed by atoms with Gasteiger partial charge in [0.15, 0.2) is 0 Å².